The van der Waals surface area contributed by atoms with Crippen LogP contribution in [-0.4, -0.2) is 18.2 Å². The van der Waals surface area contributed by atoms with Gasteiger partial charge in [0.25, 0.3) is 0 Å². The summed E-state index contributed by atoms with van der Waals surface area (Å²) in [6.45, 7) is 0. The molecule has 0 saturated heterocycles. The minimum atomic E-state index is -0.705. The Morgan fingerprint density at radius 3 is 2.87 bits per heavy atom. The number of azide groups is 1. The van der Waals surface area contributed by atoms with Gasteiger partial charge in [-0.3, -0.25) is 0 Å². The second-order valence-corrected chi connectivity index (χ2v) is 3.42. The highest BCUT2D eigenvalue weighted by atomic mass is 79.9. The van der Waals surface area contributed by atoms with Gasteiger partial charge in [-0.05, 0) is 17.7 Å². The van der Waals surface area contributed by atoms with Crippen molar-refractivity contribution in [2.24, 2.45) is 5.11 Å². The van der Waals surface area contributed by atoms with Gasteiger partial charge in [0.2, 0.25) is 0 Å². The summed E-state index contributed by atoms with van der Waals surface area (Å²) in [6, 6.07) is 2.76. The first-order chi connectivity index (χ1) is 7.10. The van der Waals surface area contributed by atoms with Crippen LogP contribution in [0.5, 0.6) is 5.75 Å². The first-order valence-corrected chi connectivity index (χ1v) is 4.55. The van der Waals surface area contributed by atoms with Gasteiger partial charge in [-0.15, -0.1) is 0 Å². The Morgan fingerprint density at radius 2 is 2.33 bits per heavy atom. The molecule has 15 heavy (non-hydrogen) atoms. The van der Waals surface area contributed by atoms with Crippen molar-refractivity contribution in [2.45, 2.75) is 0 Å². The van der Waals surface area contributed by atoms with E-state index < -0.39 is 11.7 Å². The average molecular weight is 272 g/mol. The highest BCUT2D eigenvalue weighted by molar-refractivity contribution is 9.10. The Morgan fingerprint density at radius 1 is 1.67 bits per heavy atom. The molecule has 0 aromatic heterocycles. The van der Waals surface area contributed by atoms with Crippen LogP contribution in [0.4, 0.5) is 5.69 Å². The second kappa shape index (κ2) is 4.68. The van der Waals surface area contributed by atoms with E-state index in [1.165, 1.54) is 19.2 Å². The summed E-state index contributed by atoms with van der Waals surface area (Å²) in [5, 5.41) is 12.8. The minimum absolute atomic E-state index is 0.0349. The standard InChI is InChI=1S/C8H6BrN3O3/c1-15-8(14)5-2-4(9)3-6(7(5)13)11-12-10/h2-3,13H,1H3. The fraction of sp³-hybridized carbons (Fsp3) is 0.125. The van der Waals surface area contributed by atoms with E-state index in [0.717, 1.165) is 0 Å². The van der Waals surface area contributed by atoms with Crippen LogP contribution < -0.4 is 0 Å². The fourth-order valence-corrected chi connectivity index (χ4v) is 1.42. The van der Waals surface area contributed by atoms with E-state index in [4.69, 9.17) is 5.53 Å². The van der Waals surface area contributed by atoms with Crippen molar-refractivity contribution in [2.75, 3.05) is 7.11 Å². The molecule has 0 heterocycles. The van der Waals surface area contributed by atoms with Gasteiger partial charge in [-0.2, -0.15) is 0 Å². The number of esters is 1. The largest absolute Gasteiger partial charge is 0.507 e. The Bertz CT molecular complexity index is 455. The summed E-state index contributed by atoms with van der Waals surface area (Å²) < 4.78 is 4.95. The molecule has 0 aliphatic heterocycles. The fourth-order valence-electron chi connectivity index (χ4n) is 0.975. The number of phenolic OH excluding ortho intramolecular Hbond substituents is 1. The van der Waals surface area contributed by atoms with E-state index in [-0.39, 0.29) is 11.3 Å². The Hall–Kier alpha value is -1.72. The zero-order chi connectivity index (χ0) is 11.4. The molecule has 0 bridgehead atoms. The molecule has 0 atom stereocenters. The summed E-state index contributed by atoms with van der Waals surface area (Å²) in [4.78, 5) is 13.7. The molecule has 0 fully saturated rings. The molecule has 0 unspecified atom stereocenters. The number of ether oxygens (including phenoxy) is 1. The first kappa shape index (κ1) is 11.4. The Kier molecular flexibility index (Phi) is 3.54. The number of hydrogen-bond acceptors (Lipinski definition) is 4. The first-order valence-electron chi connectivity index (χ1n) is 3.76. The number of rotatable bonds is 2. The number of carbonyl (C=O) groups is 1. The van der Waals surface area contributed by atoms with Crippen LogP contribution in [0.3, 0.4) is 0 Å². The second-order valence-electron chi connectivity index (χ2n) is 2.50. The average Bonchev–Trinajstić information content (AvgIpc) is 2.22. The van der Waals surface area contributed by atoms with E-state index in [1.54, 1.807) is 0 Å². The zero-order valence-corrected chi connectivity index (χ0v) is 9.22. The van der Waals surface area contributed by atoms with Gasteiger partial charge in [0.15, 0.2) is 0 Å². The van der Waals surface area contributed by atoms with Gasteiger partial charge >= 0.3 is 5.97 Å². The summed E-state index contributed by atoms with van der Waals surface area (Å²) in [6.07, 6.45) is 0. The molecule has 0 amide bonds. The number of nitrogens with zero attached hydrogens (tertiary/aromatic N) is 3. The molecule has 6 nitrogen and oxygen atoms in total. The summed E-state index contributed by atoms with van der Waals surface area (Å²) in [5.41, 5.74) is 8.14. The number of halogens is 1. The maximum atomic E-state index is 11.2. The molecule has 0 radical (unpaired) electrons. The summed E-state index contributed by atoms with van der Waals surface area (Å²) in [5.74, 6) is -1.11. The van der Waals surface area contributed by atoms with Crippen LogP contribution in [0.1, 0.15) is 10.4 Å². The lowest BCUT2D eigenvalue weighted by Gasteiger charge is -2.05. The van der Waals surface area contributed by atoms with Gasteiger partial charge in [-0.25, -0.2) is 4.79 Å². The summed E-state index contributed by atoms with van der Waals surface area (Å²) >= 11 is 3.11. The van der Waals surface area contributed by atoms with Crippen LogP contribution in [0.25, 0.3) is 10.4 Å². The van der Waals surface area contributed by atoms with Crippen molar-refractivity contribution >= 4 is 27.6 Å². The SMILES string of the molecule is COC(=O)c1cc(Br)cc(N=[N+]=[N-])c1O. The predicted octanol–water partition coefficient (Wildman–Crippen LogP) is 2.88. The zero-order valence-electron chi connectivity index (χ0n) is 7.64. The van der Waals surface area contributed by atoms with Crippen LogP contribution in [-0.2, 0) is 4.74 Å². The molecule has 1 aromatic carbocycles. The number of hydrogen-bond donors (Lipinski definition) is 1. The smallest absolute Gasteiger partial charge is 0.341 e. The van der Waals surface area contributed by atoms with Crippen LogP contribution >= 0.6 is 15.9 Å². The lowest BCUT2D eigenvalue weighted by Crippen LogP contribution is -2.01. The van der Waals surface area contributed by atoms with Gasteiger partial charge < -0.3 is 9.84 Å². The third kappa shape index (κ3) is 2.39. The van der Waals surface area contributed by atoms with Gasteiger partial charge in [-0.1, -0.05) is 21.0 Å². The van der Waals surface area contributed by atoms with Crippen molar-refractivity contribution < 1.29 is 14.6 Å². The molecule has 1 aromatic rings. The molecule has 7 heteroatoms. The minimum Gasteiger partial charge on any atom is -0.507 e. The molecule has 1 rings (SSSR count). The van der Waals surface area contributed by atoms with Crippen molar-refractivity contribution in [3.63, 3.8) is 0 Å². The monoisotopic (exact) mass is 271 g/mol. The van der Waals surface area contributed by atoms with Crippen molar-refractivity contribution in [1.29, 1.82) is 0 Å². The molecule has 0 aliphatic carbocycles. The van der Waals surface area contributed by atoms with Crippen LogP contribution in [0.2, 0.25) is 0 Å². The molecule has 1 N–H and O–H groups in total. The van der Waals surface area contributed by atoms with E-state index >= 15 is 0 Å². The van der Waals surface area contributed by atoms with Crippen LogP contribution in [0.15, 0.2) is 21.7 Å². The Labute approximate surface area is 93.2 Å². The third-order valence-electron chi connectivity index (χ3n) is 1.61. The molecular formula is C8H6BrN3O3. The number of phenols is 1. The van der Waals surface area contributed by atoms with Crippen molar-refractivity contribution in [1.82, 2.24) is 0 Å². The molecule has 0 aliphatic rings. The molecule has 0 spiro atoms. The topological polar surface area (TPSA) is 95.3 Å². The lowest BCUT2D eigenvalue weighted by atomic mass is 10.2. The summed E-state index contributed by atoms with van der Waals surface area (Å²) in [7, 11) is 1.19. The van der Waals surface area contributed by atoms with E-state index in [1.807, 2.05) is 0 Å². The number of carbonyl (C=O) groups excluding carboxylic acids is 1. The quantitative estimate of drug-likeness (QED) is 0.388. The van der Waals surface area contributed by atoms with Gasteiger partial charge in [0, 0.05) is 9.38 Å². The maximum absolute atomic E-state index is 11.2. The predicted molar refractivity (Wildman–Crippen MR) is 56.0 cm³/mol. The van der Waals surface area contributed by atoms with Gasteiger partial charge in [0.1, 0.15) is 11.3 Å². The van der Waals surface area contributed by atoms with Crippen molar-refractivity contribution in [3.8, 4) is 5.75 Å². The van der Waals surface area contributed by atoms with Crippen LogP contribution in [0, 0.1) is 0 Å². The van der Waals surface area contributed by atoms with Gasteiger partial charge in [0.05, 0.1) is 12.8 Å². The van der Waals surface area contributed by atoms with E-state index in [0.29, 0.717) is 4.47 Å². The number of methoxy groups -OCH3 is 1. The molecule has 78 valence electrons. The Balaban J connectivity index is 3.40. The lowest BCUT2D eigenvalue weighted by molar-refractivity contribution is 0.0597. The highest BCUT2D eigenvalue weighted by Gasteiger charge is 2.15. The molecular weight excluding hydrogens is 266 g/mol. The maximum Gasteiger partial charge on any atom is 0.341 e. The number of benzene rings is 1. The third-order valence-corrected chi connectivity index (χ3v) is 2.07. The normalized spacial score (nSPS) is 9.20. The number of aromatic hydroxyl groups is 1. The highest BCUT2D eigenvalue weighted by Crippen LogP contribution is 2.34. The van der Waals surface area contributed by atoms with E-state index in [9.17, 15) is 9.90 Å². The molecule has 0 saturated carbocycles. The van der Waals surface area contributed by atoms with Crippen molar-refractivity contribution in [3.05, 3.63) is 32.6 Å². The van der Waals surface area contributed by atoms with E-state index in [2.05, 4.69) is 30.7 Å².